The molecule has 5 saturated carbocycles. The minimum atomic E-state index is -1.64. The van der Waals surface area contributed by atoms with Crippen LogP contribution in [0.2, 0.25) is 0 Å². The summed E-state index contributed by atoms with van der Waals surface area (Å²) in [6.07, 6.45) is -3.62. The van der Waals surface area contributed by atoms with Crippen LogP contribution >= 0.6 is 0 Å². The molecule has 0 unspecified atom stereocenters. The molecule has 0 aromatic carbocycles. The van der Waals surface area contributed by atoms with E-state index in [9.17, 15) is 40.5 Å². The Hall–Kier alpha value is -1.19. The highest BCUT2D eigenvalue weighted by Gasteiger charge is 2.72. The van der Waals surface area contributed by atoms with Gasteiger partial charge in [-0.15, -0.1) is 0 Å². The van der Waals surface area contributed by atoms with E-state index in [-0.39, 0.29) is 52.1 Å². The fraction of sp³-hybridized carbons (Fsp3) is 0.927. The molecule has 2 heterocycles. The molecule has 7 N–H and O–H groups in total. The van der Waals surface area contributed by atoms with Crippen molar-refractivity contribution in [3.05, 3.63) is 12.2 Å². The van der Waals surface area contributed by atoms with Crippen molar-refractivity contribution in [2.24, 2.45) is 56.7 Å². The average Bonchev–Trinajstić information content (AvgIpc) is 3.51. The van der Waals surface area contributed by atoms with Crippen LogP contribution in [0.1, 0.15) is 106 Å². The Morgan fingerprint density at radius 2 is 1.45 bits per heavy atom. The summed E-state index contributed by atoms with van der Waals surface area (Å²) in [4.78, 5) is 14.5. The molecule has 0 bridgehead atoms. The van der Waals surface area contributed by atoms with E-state index in [0.717, 1.165) is 56.9 Å². The second-order valence-corrected chi connectivity index (χ2v) is 19.7. The maximum absolute atomic E-state index is 14.5. The van der Waals surface area contributed by atoms with E-state index in [1.54, 1.807) is 0 Å². The third kappa shape index (κ3) is 5.77. The summed E-state index contributed by atoms with van der Waals surface area (Å²) in [7, 11) is 0. The van der Waals surface area contributed by atoms with Gasteiger partial charge in [-0.05, 0) is 122 Å². The highest BCUT2D eigenvalue weighted by molar-refractivity contribution is 5.78. The maximum atomic E-state index is 14.5. The molecule has 7 rings (SSSR count). The number of aliphatic hydroxyl groups excluding tert-OH is 7. The van der Waals surface area contributed by atoms with Crippen LogP contribution < -0.4 is 0 Å². The van der Waals surface area contributed by atoms with Gasteiger partial charge in [0.25, 0.3) is 0 Å². The molecular weight excluding hydrogens is 684 g/mol. The van der Waals surface area contributed by atoms with Gasteiger partial charge >= 0.3 is 5.97 Å². The molecule has 0 aromatic heterocycles. The van der Waals surface area contributed by atoms with Crippen molar-refractivity contribution in [3.63, 3.8) is 0 Å². The number of hydrogen-bond acceptors (Lipinski definition) is 12. The molecule has 0 radical (unpaired) electrons. The first-order valence-electron chi connectivity index (χ1n) is 20.3. The molecule has 2 aliphatic heterocycles. The zero-order valence-corrected chi connectivity index (χ0v) is 32.5. The lowest BCUT2D eigenvalue weighted by Crippen LogP contribution is -2.67. The van der Waals surface area contributed by atoms with Crippen LogP contribution in [0.3, 0.4) is 0 Å². The molecule has 12 heteroatoms. The number of hydrogen-bond donors (Lipinski definition) is 7. The van der Waals surface area contributed by atoms with Crippen LogP contribution in [0.15, 0.2) is 12.2 Å². The molecule has 0 spiro atoms. The molecule has 19 atom stereocenters. The molecule has 5 aliphatic carbocycles. The maximum Gasteiger partial charge on any atom is 0.314 e. The Kier molecular flexibility index (Phi) is 10.4. The van der Waals surface area contributed by atoms with Gasteiger partial charge in [0.15, 0.2) is 6.29 Å². The van der Waals surface area contributed by atoms with Gasteiger partial charge in [-0.2, -0.15) is 0 Å². The lowest BCUT2D eigenvalue weighted by atomic mass is 9.32. The van der Waals surface area contributed by atoms with E-state index >= 15 is 0 Å². The number of rotatable bonds is 6. The topological polar surface area (TPSA) is 196 Å². The molecule has 7 aliphatic rings. The van der Waals surface area contributed by atoms with Gasteiger partial charge in [0, 0.05) is 0 Å². The van der Waals surface area contributed by atoms with Crippen molar-refractivity contribution in [1.82, 2.24) is 0 Å². The fourth-order valence-electron chi connectivity index (χ4n) is 14.2. The first kappa shape index (κ1) is 40.0. The number of allylic oxidation sites excluding steroid dienone is 1. The predicted molar refractivity (Wildman–Crippen MR) is 191 cm³/mol. The fourth-order valence-corrected chi connectivity index (χ4v) is 14.2. The zero-order valence-electron chi connectivity index (χ0n) is 32.5. The largest absolute Gasteiger partial charge is 0.432 e. The van der Waals surface area contributed by atoms with Crippen LogP contribution in [-0.4, -0.2) is 116 Å². The highest BCUT2D eigenvalue weighted by atomic mass is 16.7. The van der Waals surface area contributed by atoms with E-state index in [4.69, 9.17) is 18.9 Å². The molecule has 0 aromatic rings. The van der Waals surface area contributed by atoms with E-state index in [2.05, 4.69) is 48.1 Å². The Bertz CT molecular complexity index is 1400. The summed E-state index contributed by atoms with van der Waals surface area (Å²) in [5.41, 5.74) is 0.00865. The van der Waals surface area contributed by atoms with Gasteiger partial charge in [0.1, 0.15) is 42.7 Å². The van der Waals surface area contributed by atoms with Crippen LogP contribution in [0, 0.1) is 56.7 Å². The van der Waals surface area contributed by atoms with Crippen molar-refractivity contribution in [2.75, 3.05) is 13.2 Å². The third-order valence-corrected chi connectivity index (χ3v) is 17.2. The van der Waals surface area contributed by atoms with Crippen molar-refractivity contribution < 1.29 is 59.5 Å². The van der Waals surface area contributed by atoms with Crippen molar-refractivity contribution >= 4 is 5.97 Å². The number of aliphatic hydroxyl groups is 7. The standard InChI is InChI=1S/C41H66O12/c1-20(2)21-10-15-41(36(49)53-35-33(48)31(46)30(45)24(18-42)51-35)17-16-39(6)22(28(21)41)8-9-26-38(5)13-12-27(37(3,4)25(38)11-14-40(26,39)7)52-34-32(47)29(44)23(43)19-50-34/h21-35,42-48H,1,8-19H2,2-7H3/t21-,22+,23-,24+,25-,26+,27-,28+,29-,30+,31-,32+,33+,34-,35-,38-,39+,40+,41-/m0/s1. The Morgan fingerprint density at radius 3 is 2.13 bits per heavy atom. The quantitative estimate of drug-likeness (QED) is 0.119. The summed E-state index contributed by atoms with van der Waals surface area (Å²) in [6.45, 7) is 17.9. The molecule has 7 fully saturated rings. The molecule has 0 amide bonds. The lowest BCUT2D eigenvalue weighted by Gasteiger charge is -2.73. The van der Waals surface area contributed by atoms with Gasteiger partial charge < -0.3 is 54.7 Å². The number of fused-ring (bicyclic) bond motifs is 7. The van der Waals surface area contributed by atoms with E-state index in [1.807, 2.05) is 0 Å². The third-order valence-electron chi connectivity index (χ3n) is 17.2. The van der Waals surface area contributed by atoms with Crippen LogP contribution in [0.5, 0.6) is 0 Å². The number of carbonyl (C=O) groups excluding carboxylic acids is 1. The first-order valence-corrected chi connectivity index (χ1v) is 20.3. The molecule has 53 heavy (non-hydrogen) atoms. The Labute approximate surface area is 314 Å². The Morgan fingerprint density at radius 1 is 0.755 bits per heavy atom. The van der Waals surface area contributed by atoms with Crippen LogP contribution in [0.25, 0.3) is 0 Å². The average molecular weight is 751 g/mol. The molecular formula is C41H66O12. The number of carbonyl (C=O) groups is 1. The van der Waals surface area contributed by atoms with Crippen molar-refractivity contribution in [1.29, 1.82) is 0 Å². The Balaban J connectivity index is 1.14. The highest BCUT2D eigenvalue weighted by Crippen LogP contribution is 2.77. The minimum Gasteiger partial charge on any atom is -0.432 e. The predicted octanol–water partition coefficient (Wildman–Crippen LogP) is 2.81. The normalized spacial score (nSPS) is 54.8. The second-order valence-electron chi connectivity index (χ2n) is 19.7. The smallest absolute Gasteiger partial charge is 0.314 e. The van der Waals surface area contributed by atoms with Gasteiger partial charge in [-0.3, -0.25) is 4.79 Å². The van der Waals surface area contributed by atoms with Gasteiger partial charge in [0.2, 0.25) is 6.29 Å². The monoisotopic (exact) mass is 750 g/mol. The van der Waals surface area contributed by atoms with E-state index in [0.29, 0.717) is 24.7 Å². The molecule has 302 valence electrons. The van der Waals surface area contributed by atoms with Crippen molar-refractivity contribution in [2.45, 2.75) is 167 Å². The summed E-state index contributed by atoms with van der Waals surface area (Å²) < 4.78 is 23.8. The minimum absolute atomic E-state index is 0.00339. The van der Waals surface area contributed by atoms with E-state index < -0.39 is 73.3 Å². The van der Waals surface area contributed by atoms with Crippen LogP contribution in [-0.2, 0) is 23.7 Å². The van der Waals surface area contributed by atoms with Gasteiger partial charge in [-0.1, -0.05) is 46.8 Å². The zero-order chi connectivity index (χ0) is 38.6. The number of ether oxygens (including phenoxy) is 4. The summed E-state index contributed by atoms with van der Waals surface area (Å²) in [5.74, 6) is 0.739. The number of esters is 1. The summed E-state index contributed by atoms with van der Waals surface area (Å²) >= 11 is 0. The summed E-state index contributed by atoms with van der Waals surface area (Å²) in [5, 5.41) is 72.3. The second kappa shape index (κ2) is 13.7. The van der Waals surface area contributed by atoms with Crippen LogP contribution in [0.4, 0.5) is 0 Å². The summed E-state index contributed by atoms with van der Waals surface area (Å²) in [6, 6.07) is 0. The molecule has 12 nitrogen and oxygen atoms in total. The van der Waals surface area contributed by atoms with Crippen molar-refractivity contribution in [3.8, 4) is 0 Å². The lowest BCUT2D eigenvalue weighted by molar-refractivity contribution is -0.312. The van der Waals surface area contributed by atoms with E-state index in [1.165, 1.54) is 0 Å². The first-order chi connectivity index (χ1) is 24.8. The van der Waals surface area contributed by atoms with Gasteiger partial charge in [0.05, 0.1) is 24.7 Å². The van der Waals surface area contributed by atoms with Gasteiger partial charge in [-0.25, -0.2) is 0 Å². The SMILES string of the molecule is C=C(C)[C@@H]1CC[C@]2(C(=O)O[C@@H]3O[C@H](CO)[C@@H](O)[C@H](O)[C@H]3O)CC[C@]3(C)[C@H](CC[C@@H]4[C@@]5(C)CC[C@H](O[C@@H]6OC[C@H](O)[C@H](O)[C@H]6O)C(C)(C)[C@@H]5CC[C@]43C)[C@@H]12. The molecule has 2 saturated heterocycles.